The Morgan fingerprint density at radius 3 is 2.62 bits per heavy atom. The number of fused-ring (bicyclic) bond motifs is 1. The molecule has 1 N–H and O–H groups in total. The summed E-state index contributed by atoms with van der Waals surface area (Å²) in [4.78, 5) is 15.3. The van der Waals surface area contributed by atoms with Crippen molar-refractivity contribution in [2.45, 2.75) is 31.4 Å². The molecule has 3 unspecified atom stereocenters. The molecular weight excluding hydrogens is 353 g/mol. The van der Waals surface area contributed by atoms with Crippen molar-refractivity contribution in [3.05, 3.63) is 57.9 Å². The lowest BCUT2D eigenvalue weighted by atomic mass is 9.97. The summed E-state index contributed by atoms with van der Waals surface area (Å²) in [7, 11) is 0. The number of alkyl halides is 1. The fourth-order valence-electron chi connectivity index (χ4n) is 2.86. The zero-order chi connectivity index (χ0) is 17.4. The van der Waals surface area contributed by atoms with Gasteiger partial charge in [0.05, 0.1) is 11.1 Å². The van der Waals surface area contributed by atoms with Gasteiger partial charge in [0.2, 0.25) is 0 Å². The summed E-state index contributed by atoms with van der Waals surface area (Å²) in [5, 5.41) is 9.27. The topological polar surface area (TPSA) is 68.7 Å². The second-order valence-corrected chi connectivity index (χ2v) is 6.70. The number of ether oxygens (including phenoxy) is 2. The molecule has 2 aromatic rings. The number of aryl methyl sites for hydroxylation is 1. The first-order valence-corrected chi connectivity index (χ1v) is 8.15. The van der Waals surface area contributed by atoms with Gasteiger partial charge in [-0.25, -0.2) is 4.79 Å². The van der Waals surface area contributed by atoms with Crippen LogP contribution in [-0.4, -0.2) is 21.6 Å². The molecule has 0 fully saturated rings. The van der Waals surface area contributed by atoms with Crippen molar-refractivity contribution in [3.8, 4) is 5.75 Å². The predicted molar refractivity (Wildman–Crippen MR) is 90.1 cm³/mol. The fourth-order valence-corrected chi connectivity index (χ4v) is 3.17. The van der Waals surface area contributed by atoms with Crippen LogP contribution >= 0.6 is 23.2 Å². The van der Waals surface area contributed by atoms with E-state index in [0.717, 1.165) is 11.1 Å². The lowest BCUT2D eigenvalue weighted by Crippen LogP contribution is -2.13. The van der Waals surface area contributed by atoms with Gasteiger partial charge in [-0.15, -0.1) is 11.6 Å². The van der Waals surface area contributed by atoms with Crippen LogP contribution in [0, 0.1) is 6.92 Å². The van der Waals surface area contributed by atoms with Crippen LogP contribution < -0.4 is 4.74 Å². The highest BCUT2D eigenvalue weighted by molar-refractivity contribution is 6.30. The number of hydrogen-bond donors (Lipinski definition) is 1. The van der Waals surface area contributed by atoms with Crippen LogP contribution in [0.2, 0.25) is 5.02 Å². The molecule has 0 saturated carbocycles. The zero-order valence-corrected chi connectivity index (χ0v) is 14.5. The number of carboxylic acid groups (broad SMARTS) is 1. The van der Waals surface area contributed by atoms with Crippen molar-refractivity contribution in [2.24, 2.45) is 0 Å². The lowest BCUT2D eigenvalue weighted by molar-refractivity contribution is 0.0328. The summed E-state index contributed by atoms with van der Waals surface area (Å²) in [6, 6.07) is 7.26. The summed E-state index contributed by atoms with van der Waals surface area (Å²) >= 11 is 12.2. The lowest BCUT2D eigenvalue weighted by Gasteiger charge is -2.17. The summed E-state index contributed by atoms with van der Waals surface area (Å²) in [5.41, 5.74) is 2.73. The maximum absolute atomic E-state index is 11.0. The largest absolute Gasteiger partial charge is 0.511 e. The van der Waals surface area contributed by atoms with Gasteiger partial charge in [0, 0.05) is 22.3 Å². The smallest absolute Gasteiger partial charge is 0.449 e. The van der Waals surface area contributed by atoms with Crippen molar-refractivity contribution in [2.75, 3.05) is 0 Å². The number of nitrogens with zero attached hydrogens (tertiary/aromatic N) is 1. The van der Waals surface area contributed by atoms with E-state index >= 15 is 0 Å². The standard InChI is InChI=1S/C17H15Cl2NO4/c1-8(18)14-13-12(7-20-9(2)15(13)24-17(21)22)16(23-14)10-3-5-11(19)6-4-10/h3-8,14,16H,1-2H3,(H,21,22). The Morgan fingerprint density at radius 1 is 1.38 bits per heavy atom. The van der Waals surface area contributed by atoms with Gasteiger partial charge >= 0.3 is 6.16 Å². The number of halogens is 2. The van der Waals surface area contributed by atoms with Gasteiger partial charge in [0.25, 0.3) is 0 Å². The van der Waals surface area contributed by atoms with Crippen molar-refractivity contribution < 1.29 is 19.4 Å². The Bertz CT molecular complexity index is 777. The minimum atomic E-state index is -1.40. The summed E-state index contributed by atoms with van der Waals surface area (Å²) in [6.45, 7) is 3.48. The highest BCUT2D eigenvalue weighted by atomic mass is 35.5. The SMILES string of the molecule is Cc1ncc2c(c1OC(=O)O)C(C(C)Cl)OC2c1ccc(Cl)cc1. The molecule has 0 bridgehead atoms. The van der Waals surface area contributed by atoms with Gasteiger partial charge in [-0.05, 0) is 31.5 Å². The number of rotatable bonds is 3. The van der Waals surface area contributed by atoms with E-state index in [1.54, 1.807) is 32.2 Å². The van der Waals surface area contributed by atoms with Gasteiger partial charge < -0.3 is 14.6 Å². The van der Waals surface area contributed by atoms with E-state index in [4.69, 9.17) is 37.8 Å². The number of pyridine rings is 1. The van der Waals surface area contributed by atoms with Gasteiger partial charge in [-0.3, -0.25) is 4.98 Å². The summed E-state index contributed by atoms with van der Waals surface area (Å²) in [5.74, 6) is 0.189. The maximum atomic E-state index is 11.0. The molecular formula is C17H15Cl2NO4. The molecule has 24 heavy (non-hydrogen) atoms. The zero-order valence-electron chi connectivity index (χ0n) is 13.0. The quantitative estimate of drug-likeness (QED) is 0.617. The van der Waals surface area contributed by atoms with E-state index in [1.165, 1.54) is 0 Å². The van der Waals surface area contributed by atoms with E-state index in [9.17, 15) is 4.79 Å². The van der Waals surface area contributed by atoms with Crippen LogP contribution in [0.3, 0.4) is 0 Å². The van der Waals surface area contributed by atoms with E-state index in [2.05, 4.69) is 4.98 Å². The van der Waals surface area contributed by atoms with Crippen LogP contribution in [0.5, 0.6) is 5.75 Å². The maximum Gasteiger partial charge on any atom is 0.511 e. The molecule has 0 radical (unpaired) electrons. The highest BCUT2D eigenvalue weighted by Crippen LogP contribution is 2.49. The van der Waals surface area contributed by atoms with Crippen LogP contribution in [-0.2, 0) is 4.74 Å². The van der Waals surface area contributed by atoms with Crippen LogP contribution in [0.15, 0.2) is 30.5 Å². The first kappa shape index (κ1) is 17.0. The molecule has 0 aliphatic carbocycles. The molecule has 126 valence electrons. The summed E-state index contributed by atoms with van der Waals surface area (Å²) < 4.78 is 11.1. The van der Waals surface area contributed by atoms with Crippen LogP contribution in [0.25, 0.3) is 0 Å². The minimum Gasteiger partial charge on any atom is -0.449 e. The molecule has 0 saturated heterocycles. The molecule has 3 rings (SSSR count). The Morgan fingerprint density at radius 2 is 2.04 bits per heavy atom. The number of aromatic nitrogens is 1. The fraction of sp³-hybridized carbons (Fsp3) is 0.294. The Kier molecular flexibility index (Phi) is 4.67. The number of hydrogen-bond acceptors (Lipinski definition) is 4. The van der Waals surface area contributed by atoms with Crippen molar-refractivity contribution >= 4 is 29.4 Å². The Hall–Kier alpha value is -1.82. The number of carbonyl (C=O) groups is 1. The van der Waals surface area contributed by atoms with Crippen molar-refractivity contribution in [1.29, 1.82) is 0 Å². The van der Waals surface area contributed by atoms with Crippen molar-refractivity contribution in [3.63, 3.8) is 0 Å². The minimum absolute atomic E-state index is 0.189. The first-order valence-electron chi connectivity index (χ1n) is 7.33. The molecule has 2 heterocycles. The Labute approximate surface area is 149 Å². The monoisotopic (exact) mass is 367 g/mol. The average molecular weight is 368 g/mol. The molecule has 5 nitrogen and oxygen atoms in total. The van der Waals surface area contributed by atoms with Crippen LogP contribution in [0.1, 0.15) is 41.5 Å². The molecule has 0 amide bonds. The molecule has 1 aromatic heterocycles. The van der Waals surface area contributed by atoms with E-state index in [-0.39, 0.29) is 11.1 Å². The van der Waals surface area contributed by atoms with Gasteiger partial charge in [0.1, 0.15) is 12.2 Å². The second kappa shape index (κ2) is 6.59. The normalized spacial score (nSPS) is 20.5. The third kappa shape index (κ3) is 3.07. The van der Waals surface area contributed by atoms with Crippen LogP contribution in [0.4, 0.5) is 4.79 Å². The molecule has 1 aromatic carbocycles. The van der Waals surface area contributed by atoms with E-state index < -0.39 is 18.4 Å². The second-order valence-electron chi connectivity index (χ2n) is 5.58. The first-order chi connectivity index (χ1) is 11.4. The van der Waals surface area contributed by atoms with E-state index in [1.807, 2.05) is 12.1 Å². The molecule has 7 heteroatoms. The Balaban J connectivity index is 2.14. The average Bonchev–Trinajstić information content (AvgIpc) is 2.90. The summed E-state index contributed by atoms with van der Waals surface area (Å²) in [6.07, 6.45) is -0.631. The predicted octanol–water partition coefficient (Wildman–Crippen LogP) is 4.89. The molecule has 3 atom stereocenters. The van der Waals surface area contributed by atoms with E-state index in [0.29, 0.717) is 16.3 Å². The third-order valence-electron chi connectivity index (χ3n) is 3.91. The molecule has 1 aliphatic rings. The van der Waals surface area contributed by atoms with Gasteiger partial charge in [-0.1, -0.05) is 23.7 Å². The van der Waals surface area contributed by atoms with Gasteiger partial charge in [-0.2, -0.15) is 0 Å². The highest BCUT2D eigenvalue weighted by Gasteiger charge is 2.39. The third-order valence-corrected chi connectivity index (χ3v) is 4.39. The number of benzene rings is 1. The van der Waals surface area contributed by atoms with Crippen molar-refractivity contribution in [1.82, 2.24) is 4.98 Å². The molecule has 0 spiro atoms. The van der Waals surface area contributed by atoms with Gasteiger partial charge in [0.15, 0.2) is 5.75 Å². The molecule has 1 aliphatic heterocycles.